The number of benzene rings is 2. The van der Waals surface area contributed by atoms with Gasteiger partial charge in [0.05, 0.1) is 31.8 Å². The molecule has 3 aromatic rings. The van der Waals surface area contributed by atoms with Crippen LogP contribution in [0, 0.1) is 0 Å². The molecule has 0 spiro atoms. The largest absolute Gasteiger partial charge is 0.493 e. The predicted octanol–water partition coefficient (Wildman–Crippen LogP) is 2.82. The number of nitrogens with zero attached hydrogens (tertiary/aromatic N) is 2. The summed E-state index contributed by atoms with van der Waals surface area (Å²) in [5.74, 6) is 0.751. The Hall–Kier alpha value is -3.86. The molecule has 0 atom stereocenters. The molecule has 0 unspecified atom stereocenters. The van der Waals surface area contributed by atoms with E-state index in [0.29, 0.717) is 22.8 Å². The number of carbonyl (C=O) groups is 1. The topological polar surface area (TPSA) is 130 Å². The number of hydrogen-bond donors (Lipinski definition) is 1. The maximum absolute atomic E-state index is 12.3. The molecular weight excluding hydrogens is 438 g/mol. The molecule has 32 heavy (non-hydrogen) atoms. The van der Waals surface area contributed by atoms with Crippen LogP contribution in [0.2, 0.25) is 0 Å². The van der Waals surface area contributed by atoms with Gasteiger partial charge in [0.2, 0.25) is 5.75 Å². The van der Waals surface area contributed by atoms with Crippen molar-refractivity contribution in [2.24, 2.45) is 0 Å². The van der Waals surface area contributed by atoms with Crippen LogP contribution < -0.4 is 19.5 Å². The molecule has 2 aromatic carbocycles. The molecule has 0 saturated heterocycles. The summed E-state index contributed by atoms with van der Waals surface area (Å²) >= 11 is 0. The predicted molar refractivity (Wildman–Crippen MR) is 117 cm³/mol. The Morgan fingerprint density at radius 3 is 2.28 bits per heavy atom. The first-order valence-corrected chi connectivity index (χ1v) is 11.1. The second-order valence-corrected chi connectivity index (χ2v) is 8.45. The fraction of sp³-hybridized carbons (Fsp3) is 0.190. The Balaban J connectivity index is 1.78. The van der Waals surface area contributed by atoms with Crippen LogP contribution in [0.25, 0.3) is 17.5 Å². The third-order valence-electron chi connectivity index (χ3n) is 4.29. The highest BCUT2D eigenvalue weighted by Crippen LogP contribution is 2.38. The van der Waals surface area contributed by atoms with Crippen molar-refractivity contribution in [1.82, 2.24) is 10.2 Å². The van der Waals surface area contributed by atoms with Crippen LogP contribution in [-0.2, 0) is 14.6 Å². The quantitative estimate of drug-likeness (QED) is 0.505. The molecule has 1 N–H and O–H groups in total. The number of aromatic nitrogens is 2. The molecule has 0 saturated carbocycles. The molecule has 1 aromatic heterocycles. The summed E-state index contributed by atoms with van der Waals surface area (Å²) in [7, 11) is 0.975. The monoisotopic (exact) mass is 459 g/mol. The molecule has 0 aliphatic heterocycles. The van der Waals surface area contributed by atoms with E-state index in [4.69, 9.17) is 18.6 Å². The van der Waals surface area contributed by atoms with E-state index in [1.165, 1.54) is 39.5 Å². The van der Waals surface area contributed by atoms with E-state index in [9.17, 15) is 13.2 Å². The second-order valence-electron chi connectivity index (χ2n) is 6.46. The first-order valence-electron chi connectivity index (χ1n) is 9.19. The SMILES string of the molecule is COc1cc(/C=C/C(=O)Nc2nnc(-c3ccccc3S(C)(=O)=O)o2)cc(OC)c1OC. The van der Waals surface area contributed by atoms with Crippen molar-refractivity contribution < 1.29 is 31.8 Å². The Morgan fingerprint density at radius 1 is 1.03 bits per heavy atom. The molecule has 1 heterocycles. The van der Waals surface area contributed by atoms with Gasteiger partial charge in [0.1, 0.15) is 0 Å². The highest BCUT2D eigenvalue weighted by Gasteiger charge is 2.19. The highest BCUT2D eigenvalue weighted by atomic mass is 32.2. The van der Waals surface area contributed by atoms with Gasteiger partial charge in [-0.2, -0.15) is 0 Å². The summed E-state index contributed by atoms with van der Waals surface area (Å²) in [5, 5.41) is 10.0. The van der Waals surface area contributed by atoms with Gasteiger partial charge in [0.25, 0.3) is 11.8 Å². The normalized spacial score (nSPS) is 11.4. The summed E-state index contributed by atoms with van der Waals surface area (Å²) in [5.41, 5.74) is 0.874. The fourth-order valence-corrected chi connectivity index (χ4v) is 3.75. The van der Waals surface area contributed by atoms with Crippen LogP contribution >= 0.6 is 0 Å². The first kappa shape index (κ1) is 22.8. The number of nitrogens with one attached hydrogen (secondary N) is 1. The van der Waals surface area contributed by atoms with E-state index in [1.54, 1.807) is 30.3 Å². The van der Waals surface area contributed by atoms with Crippen molar-refractivity contribution in [3.05, 3.63) is 48.0 Å². The van der Waals surface area contributed by atoms with E-state index < -0.39 is 15.7 Å². The van der Waals surface area contributed by atoms with Gasteiger partial charge in [-0.05, 0) is 35.9 Å². The summed E-state index contributed by atoms with van der Waals surface area (Å²) < 4.78 is 45.2. The number of ether oxygens (including phenoxy) is 3. The lowest BCUT2D eigenvalue weighted by atomic mass is 10.1. The zero-order valence-electron chi connectivity index (χ0n) is 17.8. The van der Waals surface area contributed by atoms with Gasteiger partial charge in [0.15, 0.2) is 21.3 Å². The van der Waals surface area contributed by atoms with E-state index >= 15 is 0 Å². The Kier molecular flexibility index (Phi) is 6.79. The minimum absolute atomic E-state index is 0.0325. The number of sulfone groups is 1. The van der Waals surface area contributed by atoms with Crippen LogP contribution in [0.1, 0.15) is 5.56 Å². The highest BCUT2D eigenvalue weighted by molar-refractivity contribution is 7.90. The average molecular weight is 459 g/mol. The van der Waals surface area contributed by atoms with E-state index in [2.05, 4.69) is 15.5 Å². The van der Waals surface area contributed by atoms with E-state index in [-0.39, 0.29) is 22.4 Å². The number of rotatable bonds is 8. The molecule has 0 aliphatic rings. The summed E-state index contributed by atoms with van der Waals surface area (Å²) in [6.45, 7) is 0. The standard InChI is InChI=1S/C21H21N3O7S/c1-28-15-11-13(12-16(29-2)19(15)30-3)9-10-18(25)22-21-24-23-20(31-21)14-7-5-6-8-17(14)32(4,26)27/h5-12H,1-4H3,(H,22,24,25)/b10-9+. The van der Waals surface area contributed by atoms with Crippen LogP contribution in [0.3, 0.4) is 0 Å². The summed E-state index contributed by atoms with van der Waals surface area (Å²) in [6, 6.07) is 9.39. The minimum atomic E-state index is -3.51. The second kappa shape index (κ2) is 9.52. The van der Waals surface area contributed by atoms with Crippen LogP contribution in [0.4, 0.5) is 6.01 Å². The molecule has 0 aliphatic carbocycles. The van der Waals surface area contributed by atoms with Crippen molar-refractivity contribution in [3.8, 4) is 28.7 Å². The lowest BCUT2D eigenvalue weighted by Crippen LogP contribution is -2.07. The number of amides is 1. The minimum Gasteiger partial charge on any atom is -0.493 e. The Bertz CT molecular complexity index is 1240. The average Bonchev–Trinajstić information content (AvgIpc) is 3.24. The van der Waals surface area contributed by atoms with Gasteiger partial charge < -0.3 is 18.6 Å². The molecular formula is C21H21N3O7S. The zero-order chi connectivity index (χ0) is 23.3. The van der Waals surface area contributed by atoms with Gasteiger partial charge >= 0.3 is 6.01 Å². The van der Waals surface area contributed by atoms with Crippen molar-refractivity contribution >= 4 is 27.8 Å². The summed E-state index contributed by atoms with van der Waals surface area (Å²) in [6.07, 6.45) is 3.88. The van der Waals surface area contributed by atoms with Crippen molar-refractivity contribution in [2.75, 3.05) is 32.9 Å². The van der Waals surface area contributed by atoms with Gasteiger partial charge in [0, 0.05) is 12.3 Å². The molecule has 0 radical (unpaired) electrons. The third-order valence-corrected chi connectivity index (χ3v) is 5.44. The lowest BCUT2D eigenvalue weighted by molar-refractivity contribution is -0.112. The fourth-order valence-electron chi connectivity index (χ4n) is 2.87. The van der Waals surface area contributed by atoms with Crippen LogP contribution in [0.5, 0.6) is 17.2 Å². The molecule has 0 bridgehead atoms. The van der Waals surface area contributed by atoms with Gasteiger partial charge in [-0.3, -0.25) is 10.1 Å². The zero-order valence-corrected chi connectivity index (χ0v) is 18.6. The smallest absolute Gasteiger partial charge is 0.322 e. The maximum atomic E-state index is 12.3. The Labute approximate surface area is 184 Å². The van der Waals surface area contributed by atoms with Crippen molar-refractivity contribution in [3.63, 3.8) is 0 Å². The van der Waals surface area contributed by atoms with Crippen LogP contribution in [0.15, 0.2) is 51.8 Å². The molecule has 10 nitrogen and oxygen atoms in total. The maximum Gasteiger partial charge on any atom is 0.322 e. The molecule has 1 amide bonds. The number of methoxy groups -OCH3 is 3. The Morgan fingerprint density at radius 2 is 1.69 bits per heavy atom. The summed E-state index contributed by atoms with van der Waals surface area (Å²) in [4.78, 5) is 12.3. The number of carbonyl (C=O) groups excluding carboxylic acids is 1. The molecule has 11 heteroatoms. The van der Waals surface area contributed by atoms with E-state index in [0.717, 1.165) is 6.26 Å². The van der Waals surface area contributed by atoms with Gasteiger partial charge in [-0.1, -0.05) is 17.2 Å². The van der Waals surface area contributed by atoms with Crippen molar-refractivity contribution in [2.45, 2.75) is 4.90 Å². The first-order chi connectivity index (χ1) is 15.3. The van der Waals surface area contributed by atoms with Crippen LogP contribution in [-0.4, -0.2) is 52.1 Å². The molecule has 0 fully saturated rings. The van der Waals surface area contributed by atoms with Gasteiger partial charge in [-0.15, -0.1) is 5.10 Å². The third kappa shape index (κ3) is 5.06. The molecule has 168 valence electrons. The lowest BCUT2D eigenvalue weighted by Gasteiger charge is -2.12. The number of hydrogen-bond acceptors (Lipinski definition) is 9. The number of anilines is 1. The van der Waals surface area contributed by atoms with Crippen molar-refractivity contribution in [1.29, 1.82) is 0 Å². The van der Waals surface area contributed by atoms with Gasteiger partial charge in [-0.25, -0.2) is 8.42 Å². The molecule has 3 rings (SSSR count). The van der Waals surface area contributed by atoms with E-state index in [1.807, 2.05) is 0 Å².